The summed E-state index contributed by atoms with van der Waals surface area (Å²) in [4.78, 5) is 44.1. The van der Waals surface area contributed by atoms with Crippen LogP contribution in [0.1, 0.15) is 50.3 Å². The number of phenols is 1. The van der Waals surface area contributed by atoms with Gasteiger partial charge in [-0.3, -0.25) is 24.7 Å². The van der Waals surface area contributed by atoms with E-state index in [0.29, 0.717) is 31.4 Å². The van der Waals surface area contributed by atoms with Crippen LogP contribution in [-0.4, -0.2) is 39.5 Å². The van der Waals surface area contributed by atoms with E-state index in [0.717, 1.165) is 34.6 Å². The first kappa shape index (κ1) is 28.5. The van der Waals surface area contributed by atoms with Gasteiger partial charge in [-0.1, -0.05) is 49.2 Å². The van der Waals surface area contributed by atoms with E-state index in [2.05, 4.69) is 11.9 Å². The molecule has 0 radical (unpaired) electrons. The van der Waals surface area contributed by atoms with Crippen LogP contribution in [0.3, 0.4) is 0 Å². The average Bonchev–Trinajstić information content (AvgIpc) is 3.55. The molecule has 1 aliphatic carbocycles. The van der Waals surface area contributed by atoms with Crippen LogP contribution in [0.25, 0.3) is 11.6 Å². The number of fused-ring (bicyclic) bond motifs is 3. The van der Waals surface area contributed by atoms with Crippen LogP contribution in [0.4, 0.5) is 11.4 Å². The number of nitrogens with zero attached hydrogens (tertiary/aromatic N) is 3. The number of amides is 2. The van der Waals surface area contributed by atoms with Crippen molar-refractivity contribution in [2.24, 2.45) is 17.8 Å². The van der Waals surface area contributed by atoms with E-state index in [1.807, 2.05) is 36.4 Å². The Bertz CT molecular complexity index is 1630. The quantitative estimate of drug-likeness (QED) is 0.136. The Kier molecular flexibility index (Phi) is 7.90. The van der Waals surface area contributed by atoms with Gasteiger partial charge in [-0.15, -0.1) is 0 Å². The molecule has 4 atom stereocenters. The molecule has 3 aromatic rings. The van der Waals surface area contributed by atoms with Crippen LogP contribution in [-0.2, 0) is 14.3 Å². The van der Waals surface area contributed by atoms with Crippen molar-refractivity contribution in [1.82, 2.24) is 4.98 Å². The van der Waals surface area contributed by atoms with Crippen molar-refractivity contribution in [3.63, 3.8) is 0 Å². The Labute approximate surface area is 249 Å². The number of nitro benzene ring substituents is 1. The highest BCUT2D eigenvalue weighted by Gasteiger charge is 2.57. The first-order chi connectivity index (χ1) is 20.9. The summed E-state index contributed by atoms with van der Waals surface area (Å²) in [7, 11) is 0. The molecule has 3 heterocycles. The number of hydrogen-bond acceptors (Lipinski definition) is 7. The molecule has 2 aliphatic heterocycles. The average molecular weight is 580 g/mol. The molecule has 9 nitrogen and oxygen atoms in total. The predicted octanol–water partition coefficient (Wildman–Crippen LogP) is 6.34. The summed E-state index contributed by atoms with van der Waals surface area (Å²) in [5.74, 6) is -1.70. The van der Waals surface area contributed by atoms with Gasteiger partial charge in [0.2, 0.25) is 11.8 Å². The Hall–Kier alpha value is -4.63. The van der Waals surface area contributed by atoms with Gasteiger partial charge in [-0.25, -0.2) is 4.90 Å². The number of aromatic nitrogens is 1. The van der Waals surface area contributed by atoms with E-state index < -0.39 is 16.8 Å². The van der Waals surface area contributed by atoms with Crippen molar-refractivity contribution in [3.05, 3.63) is 105 Å². The molecule has 1 N–H and O–H groups in total. The number of benzene rings is 2. The minimum atomic E-state index is -0.556. The number of nitro groups is 1. The van der Waals surface area contributed by atoms with Crippen LogP contribution >= 0.6 is 0 Å². The van der Waals surface area contributed by atoms with E-state index in [9.17, 15) is 24.8 Å². The highest BCUT2D eigenvalue weighted by molar-refractivity contribution is 6.22. The molecule has 0 unspecified atom stereocenters. The van der Waals surface area contributed by atoms with Crippen LogP contribution in [0, 0.1) is 27.9 Å². The van der Waals surface area contributed by atoms with Crippen molar-refractivity contribution in [3.8, 4) is 5.75 Å². The van der Waals surface area contributed by atoms with E-state index in [1.54, 1.807) is 24.4 Å². The minimum absolute atomic E-state index is 0.164. The SMILES string of the molecule is CCCC1=C2[C@@H](CC/C(=C/c3ccccc3O)c3ccccn3)OC[C@@H]2[C@@H]2C(=O)N(c3cccc([N+](=O)[O-])c3)C(=O)[C@@H]2C1. The summed E-state index contributed by atoms with van der Waals surface area (Å²) in [5.41, 5.74) is 4.87. The molecule has 43 heavy (non-hydrogen) atoms. The maximum absolute atomic E-state index is 13.8. The smallest absolute Gasteiger partial charge is 0.271 e. The van der Waals surface area contributed by atoms with Crippen molar-refractivity contribution < 1.29 is 24.4 Å². The predicted molar refractivity (Wildman–Crippen MR) is 162 cm³/mol. The maximum atomic E-state index is 13.8. The topological polar surface area (TPSA) is 123 Å². The van der Waals surface area contributed by atoms with Crippen LogP contribution in [0.5, 0.6) is 5.75 Å². The number of aromatic hydroxyl groups is 1. The number of pyridine rings is 1. The lowest BCUT2D eigenvalue weighted by Crippen LogP contribution is -2.34. The molecule has 9 heteroatoms. The van der Waals surface area contributed by atoms with Gasteiger partial charge in [-0.05, 0) is 67.2 Å². The zero-order chi connectivity index (χ0) is 30.1. The molecule has 3 aliphatic rings. The van der Waals surface area contributed by atoms with Gasteiger partial charge >= 0.3 is 0 Å². The summed E-state index contributed by atoms with van der Waals surface area (Å²) in [6, 6.07) is 18.6. The lowest BCUT2D eigenvalue weighted by molar-refractivity contribution is -0.384. The van der Waals surface area contributed by atoms with Crippen molar-refractivity contribution >= 4 is 34.8 Å². The first-order valence-electron chi connectivity index (χ1n) is 14.7. The molecule has 220 valence electrons. The molecular formula is C34H33N3O6. The Balaban J connectivity index is 1.29. The van der Waals surface area contributed by atoms with Gasteiger partial charge in [0.05, 0.1) is 40.9 Å². The number of non-ortho nitro benzene ring substituents is 1. The van der Waals surface area contributed by atoms with E-state index >= 15 is 0 Å². The van der Waals surface area contributed by atoms with E-state index in [1.165, 1.54) is 23.8 Å². The number of carbonyl (C=O) groups excluding carboxylic acids is 2. The van der Waals surface area contributed by atoms with Crippen molar-refractivity contribution in [2.75, 3.05) is 11.5 Å². The normalized spacial score (nSPS) is 23.5. The molecule has 2 amide bonds. The zero-order valence-corrected chi connectivity index (χ0v) is 23.9. The summed E-state index contributed by atoms with van der Waals surface area (Å²) < 4.78 is 6.39. The molecule has 6 rings (SSSR count). The second-order valence-corrected chi connectivity index (χ2v) is 11.3. The fourth-order valence-electron chi connectivity index (χ4n) is 6.92. The van der Waals surface area contributed by atoms with Crippen molar-refractivity contribution in [1.29, 1.82) is 0 Å². The molecule has 0 spiro atoms. The standard InChI is InChI=1S/C34H33N3O6/c1-2-8-23-18-26-32(34(40)36(33(26)39)24-10-7-11-25(19-24)37(41)42)27-20-43-30(31(23)27)15-14-21(28-12-5-6-16-35-28)17-22-9-3-4-13-29(22)38/h3-7,9-13,16-17,19,26-27,30,32,38H,2,8,14-15,18,20H2,1H3/b21-17-/t26-,27+,30-,32-/m1/s1. The molecule has 0 bridgehead atoms. The maximum Gasteiger partial charge on any atom is 0.271 e. The van der Waals surface area contributed by atoms with Gasteiger partial charge in [0, 0.05) is 29.8 Å². The Morgan fingerprint density at radius 1 is 1.09 bits per heavy atom. The lowest BCUT2D eigenvalue weighted by atomic mass is 9.68. The van der Waals surface area contributed by atoms with Crippen LogP contribution < -0.4 is 4.90 Å². The molecule has 2 fully saturated rings. The molecular weight excluding hydrogens is 546 g/mol. The minimum Gasteiger partial charge on any atom is -0.507 e. The largest absolute Gasteiger partial charge is 0.507 e. The summed E-state index contributed by atoms with van der Waals surface area (Å²) in [6.07, 6.45) is 6.98. The Morgan fingerprint density at radius 3 is 2.65 bits per heavy atom. The molecule has 2 aromatic carbocycles. The number of imide groups is 1. The number of rotatable bonds is 9. The Morgan fingerprint density at radius 2 is 1.91 bits per heavy atom. The highest BCUT2D eigenvalue weighted by atomic mass is 16.6. The molecule has 2 saturated heterocycles. The van der Waals surface area contributed by atoms with Crippen LogP contribution in [0.15, 0.2) is 84.1 Å². The molecule has 1 aromatic heterocycles. The number of anilines is 1. The third-order valence-electron chi connectivity index (χ3n) is 8.79. The van der Waals surface area contributed by atoms with E-state index in [4.69, 9.17) is 4.74 Å². The fraction of sp³-hybridized carbons (Fsp3) is 0.324. The van der Waals surface area contributed by atoms with E-state index in [-0.39, 0.29) is 41.0 Å². The van der Waals surface area contributed by atoms with Gasteiger partial charge < -0.3 is 9.84 Å². The first-order valence-corrected chi connectivity index (χ1v) is 14.7. The third-order valence-corrected chi connectivity index (χ3v) is 8.79. The van der Waals surface area contributed by atoms with Gasteiger partial charge in [0.15, 0.2) is 0 Å². The summed E-state index contributed by atoms with van der Waals surface area (Å²) in [5, 5.41) is 21.8. The number of allylic oxidation sites excluding steroid dienone is 2. The van der Waals surface area contributed by atoms with Crippen LogP contribution in [0.2, 0.25) is 0 Å². The third kappa shape index (κ3) is 5.36. The highest BCUT2D eigenvalue weighted by Crippen LogP contribution is 2.51. The molecule has 0 saturated carbocycles. The van der Waals surface area contributed by atoms with Gasteiger partial charge in [-0.2, -0.15) is 0 Å². The second kappa shape index (κ2) is 11.9. The second-order valence-electron chi connectivity index (χ2n) is 11.3. The summed E-state index contributed by atoms with van der Waals surface area (Å²) >= 11 is 0. The van der Waals surface area contributed by atoms with Crippen molar-refractivity contribution in [2.45, 2.75) is 45.1 Å². The van der Waals surface area contributed by atoms with Gasteiger partial charge in [0.1, 0.15) is 5.75 Å². The number of carbonyl (C=O) groups is 2. The zero-order valence-electron chi connectivity index (χ0n) is 23.9. The number of phenolic OH excluding ortho intramolecular Hbond substituents is 1. The number of hydrogen-bond donors (Lipinski definition) is 1. The number of para-hydroxylation sites is 1. The monoisotopic (exact) mass is 579 g/mol. The lowest BCUT2D eigenvalue weighted by Gasteiger charge is -2.32. The number of ether oxygens (including phenoxy) is 1. The fourth-order valence-corrected chi connectivity index (χ4v) is 6.92. The van der Waals surface area contributed by atoms with Gasteiger partial charge in [0.25, 0.3) is 5.69 Å². The summed E-state index contributed by atoms with van der Waals surface area (Å²) in [6.45, 7) is 2.45.